The molecule has 4 amide bonds. The molecule has 0 spiro atoms. The van der Waals surface area contributed by atoms with E-state index in [2.05, 4.69) is 10.6 Å². The van der Waals surface area contributed by atoms with Gasteiger partial charge < -0.3 is 9.88 Å². The van der Waals surface area contributed by atoms with Gasteiger partial charge in [0.1, 0.15) is 6.54 Å². The Morgan fingerprint density at radius 3 is 2.43 bits per heavy atom. The van der Waals surface area contributed by atoms with Gasteiger partial charge in [-0.3, -0.25) is 19.8 Å². The molecule has 3 rings (SSSR count). The van der Waals surface area contributed by atoms with Crippen molar-refractivity contribution >= 4 is 23.5 Å². The molecular weight excluding hydrogens is 296 g/mol. The minimum absolute atomic E-state index is 0.00124. The molecule has 0 saturated carbocycles. The van der Waals surface area contributed by atoms with Crippen LogP contribution in [-0.4, -0.2) is 35.5 Å². The van der Waals surface area contributed by atoms with Gasteiger partial charge in [0.05, 0.1) is 0 Å². The second-order valence-corrected chi connectivity index (χ2v) is 5.16. The first-order chi connectivity index (χ1) is 11.1. The average molecular weight is 312 g/mol. The van der Waals surface area contributed by atoms with Crippen LogP contribution >= 0.6 is 0 Å². The first-order valence-corrected chi connectivity index (χ1v) is 7.24. The third-order valence-electron chi connectivity index (χ3n) is 3.56. The van der Waals surface area contributed by atoms with Gasteiger partial charge >= 0.3 is 6.03 Å². The van der Waals surface area contributed by atoms with E-state index >= 15 is 0 Å². The monoisotopic (exact) mass is 312 g/mol. The largest absolute Gasteiger partial charge is 0.353 e. The quantitative estimate of drug-likeness (QED) is 0.807. The summed E-state index contributed by atoms with van der Waals surface area (Å²) in [6, 6.07) is 9.99. The summed E-state index contributed by atoms with van der Waals surface area (Å²) < 4.78 is 1.98. The summed E-state index contributed by atoms with van der Waals surface area (Å²) in [6.45, 7) is 1.23. The van der Waals surface area contributed by atoms with Crippen molar-refractivity contribution < 1.29 is 14.4 Å². The number of benzene rings is 1. The Hall–Kier alpha value is -3.09. The molecule has 118 valence electrons. The fraction of sp³-hybridized carbons (Fsp3) is 0.188. The van der Waals surface area contributed by atoms with Crippen molar-refractivity contribution in [3.8, 4) is 0 Å². The van der Waals surface area contributed by atoms with Crippen LogP contribution in [-0.2, 0) is 11.3 Å². The van der Waals surface area contributed by atoms with Gasteiger partial charge in [-0.2, -0.15) is 0 Å². The van der Waals surface area contributed by atoms with Gasteiger partial charge in [-0.05, 0) is 36.4 Å². The lowest BCUT2D eigenvalue weighted by molar-refractivity contribution is -0.117. The molecule has 0 bridgehead atoms. The van der Waals surface area contributed by atoms with E-state index in [1.807, 2.05) is 29.1 Å². The number of rotatable bonds is 5. The van der Waals surface area contributed by atoms with E-state index in [4.69, 9.17) is 0 Å². The molecule has 0 aliphatic carbocycles. The molecule has 1 aromatic heterocycles. The predicted molar refractivity (Wildman–Crippen MR) is 84.1 cm³/mol. The predicted octanol–water partition coefficient (Wildman–Crippen LogP) is 0.974. The molecule has 0 atom stereocenters. The van der Waals surface area contributed by atoms with E-state index in [1.165, 1.54) is 4.90 Å². The summed E-state index contributed by atoms with van der Waals surface area (Å²) in [4.78, 5) is 36.1. The lowest BCUT2D eigenvalue weighted by Gasteiger charge is -2.13. The van der Waals surface area contributed by atoms with E-state index in [0.29, 0.717) is 24.3 Å². The Morgan fingerprint density at radius 1 is 1.13 bits per heavy atom. The molecule has 2 heterocycles. The molecule has 1 fully saturated rings. The molecule has 2 aromatic rings. The Labute approximate surface area is 132 Å². The van der Waals surface area contributed by atoms with Crippen LogP contribution in [0.1, 0.15) is 10.4 Å². The van der Waals surface area contributed by atoms with Crippen LogP contribution in [0, 0.1) is 0 Å². The van der Waals surface area contributed by atoms with E-state index < -0.39 is 6.03 Å². The number of hydrogen-bond acceptors (Lipinski definition) is 3. The zero-order valence-corrected chi connectivity index (χ0v) is 12.4. The third-order valence-corrected chi connectivity index (χ3v) is 3.56. The lowest BCUT2D eigenvalue weighted by atomic mass is 10.2. The number of nitrogens with zero attached hydrogens (tertiary/aromatic N) is 2. The molecule has 0 unspecified atom stereocenters. The minimum atomic E-state index is -0.445. The first-order valence-electron chi connectivity index (χ1n) is 7.24. The molecular formula is C16H16N4O3. The molecule has 1 aliphatic rings. The lowest BCUT2D eigenvalue weighted by Crippen LogP contribution is -2.28. The Kier molecular flexibility index (Phi) is 4.09. The van der Waals surface area contributed by atoms with E-state index in [9.17, 15) is 14.4 Å². The van der Waals surface area contributed by atoms with Crippen LogP contribution in [0.4, 0.5) is 10.5 Å². The molecule has 23 heavy (non-hydrogen) atoms. The minimum Gasteiger partial charge on any atom is -0.353 e. The highest BCUT2D eigenvalue weighted by molar-refractivity contribution is 6.12. The van der Waals surface area contributed by atoms with Crippen LogP contribution in [0.2, 0.25) is 0 Å². The van der Waals surface area contributed by atoms with Crippen LogP contribution < -0.4 is 15.5 Å². The SMILES string of the molecule is O=C1CN(c2ccc(C(=O)NCCn3cccc3)cc2)C(=O)N1. The summed E-state index contributed by atoms with van der Waals surface area (Å²) in [5.41, 5.74) is 1.09. The van der Waals surface area contributed by atoms with Crippen molar-refractivity contribution in [1.82, 2.24) is 15.2 Å². The number of carbonyl (C=O) groups is 3. The van der Waals surface area contributed by atoms with Crippen LogP contribution in [0.3, 0.4) is 0 Å². The van der Waals surface area contributed by atoms with Crippen molar-refractivity contribution in [3.05, 3.63) is 54.4 Å². The first kappa shape index (κ1) is 14.8. The maximum atomic E-state index is 12.1. The van der Waals surface area contributed by atoms with Crippen molar-refractivity contribution in [2.24, 2.45) is 0 Å². The number of anilines is 1. The normalized spacial score (nSPS) is 14.0. The molecule has 1 aromatic carbocycles. The van der Waals surface area contributed by atoms with Gasteiger partial charge in [-0.1, -0.05) is 0 Å². The van der Waals surface area contributed by atoms with Crippen LogP contribution in [0.25, 0.3) is 0 Å². The molecule has 2 N–H and O–H groups in total. The molecule has 1 aliphatic heterocycles. The molecule has 7 nitrogen and oxygen atoms in total. The average Bonchev–Trinajstić information content (AvgIpc) is 3.17. The Bertz CT molecular complexity index is 722. The number of nitrogens with one attached hydrogen (secondary N) is 2. The second kappa shape index (κ2) is 6.35. The smallest absolute Gasteiger partial charge is 0.329 e. The summed E-state index contributed by atoms with van der Waals surface area (Å²) in [6.07, 6.45) is 3.87. The summed E-state index contributed by atoms with van der Waals surface area (Å²) >= 11 is 0. The van der Waals surface area contributed by atoms with E-state index in [1.54, 1.807) is 24.3 Å². The van der Waals surface area contributed by atoms with Gasteiger partial charge in [0.2, 0.25) is 5.91 Å². The molecule has 1 saturated heterocycles. The Balaban J connectivity index is 1.57. The zero-order chi connectivity index (χ0) is 16.2. The van der Waals surface area contributed by atoms with Gasteiger partial charge in [0.25, 0.3) is 5.91 Å². The highest BCUT2D eigenvalue weighted by atomic mass is 16.2. The van der Waals surface area contributed by atoms with Gasteiger partial charge in [0, 0.05) is 36.7 Å². The van der Waals surface area contributed by atoms with Crippen LogP contribution in [0.5, 0.6) is 0 Å². The highest BCUT2D eigenvalue weighted by Crippen LogP contribution is 2.17. The summed E-state index contributed by atoms with van der Waals surface area (Å²) in [7, 11) is 0. The van der Waals surface area contributed by atoms with E-state index in [-0.39, 0.29) is 18.4 Å². The maximum Gasteiger partial charge on any atom is 0.329 e. The topological polar surface area (TPSA) is 83.4 Å². The highest BCUT2D eigenvalue weighted by Gasteiger charge is 2.27. The van der Waals surface area contributed by atoms with Crippen LogP contribution in [0.15, 0.2) is 48.8 Å². The fourth-order valence-corrected chi connectivity index (χ4v) is 2.36. The van der Waals surface area contributed by atoms with Crippen molar-refractivity contribution in [2.45, 2.75) is 6.54 Å². The number of carbonyl (C=O) groups excluding carboxylic acids is 3. The number of urea groups is 1. The Morgan fingerprint density at radius 2 is 1.83 bits per heavy atom. The standard InChI is InChI=1S/C16H16N4O3/c21-14-11-20(16(23)18-14)13-5-3-12(4-6-13)15(22)17-7-10-19-8-1-2-9-19/h1-6,8-9H,7,10-11H2,(H,17,22)(H,18,21,23). The van der Waals surface area contributed by atoms with Crippen molar-refractivity contribution in [3.63, 3.8) is 0 Å². The summed E-state index contributed by atoms with van der Waals surface area (Å²) in [5, 5.41) is 5.05. The van der Waals surface area contributed by atoms with E-state index in [0.717, 1.165) is 0 Å². The number of hydrogen-bond donors (Lipinski definition) is 2. The van der Waals surface area contributed by atoms with Crippen molar-refractivity contribution in [1.29, 1.82) is 0 Å². The molecule has 0 radical (unpaired) electrons. The maximum absolute atomic E-state index is 12.1. The molecule has 7 heteroatoms. The van der Waals surface area contributed by atoms with Crippen molar-refractivity contribution in [2.75, 3.05) is 18.0 Å². The van der Waals surface area contributed by atoms with Gasteiger partial charge in [-0.15, -0.1) is 0 Å². The third kappa shape index (κ3) is 3.39. The fourth-order valence-electron chi connectivity index (χ4n) is 2.36. The number of imide groups is 1. The summed E-state index contributed by atoms with van der Waals surface area (Å²) in [5.74, 6) is -0.507. The number of aromatic nitrogens is 1. The zero-order valence-electron chi connectivity index (χ0n) is 12.4. The van der Waals surface area contributed by atoms with Gasteiger partial charge in [0.15, 0.2) is 0 Å². The number of amides is 4. The second-order valence-electron chi connectivity index (χ2n) is 5.16. The van der Waals surface area contributed by atoms with Gasteiger partial charge in [-0.25, -0.2) is 4.79 Å².